The van der Waals surface area contributed by atoms with E-state index in [0.717, 1.165) is 12.1 Å². The Hall–Kier alpha value is -0.890. The summed E-state index contributed by atoms with van der Waals surface area (Å²) in [4.78, 5) is 0. The number of hydrogen-bond donors (Lipinski definition) is 1. The molecule has 0 unspecified atom stereocenters. The molecule has 0 saturated heterocycles. The van der Waals surface area contributed by atoms with Gasteiger partial charge in [-0.1, -0.05) is 6.07 Å². The van der Waals surface area contributed by atoms with Crippen LogP contribution in [-0.4, -0.2) is 6.54 Å². The summed E-state index contributed by atoms with van der Waals surface area (Å²) in [5.41, 5.74) is 7.90. The third kappa shape index (κ3) is 1.59. The van der Waals surface area contributed by atoms with Crippen molar-refractivity contribution in [1.82, 2.24) is 0 Å². The molecule has 1 aromatic carbocycles. The van der Waals surface area contributed by atoms with Crippen molar-refractivity contribution >= 4 is 0 Å². The Labute approximate surface area is 77.8 Å². The molecule has 0 aromatic heterocycles. The van der Waals surface area contributed by atoms with Crippen molar-refractivity contribution in [1.29, 1.82) is 0 Å². The van der Waals surface area contributed by atoms with Crippen LogP contribution in [0.4, 0.5) is 4.39 Å². The topological polar surface area (TPSA) is 26.0 Å². The highest BCUT2D eigenvalue weighted by Crippen LogP contribution is 2.47. The molecule has 0 spiro atoms. The van der Waals surface area contributed by atoms with Gasteiger partial charge in [0, 0.05) is 0 Å². The third-order valence-corrected chi connectivity index (χ3v) is 2.86. The summed E-state index contributed by atoms with van der Waals surface area (Å²) >= 11 is 0. The normalized spacial score (nSPS) is 26.1. The molecule has 2 N–H and O–H groups in total. The van der Waals surface area contributed by atoms with Crippen LogP contribution in [-0.2, 0) is 0 Å². The molecule has 1 aliphatic carbocycles. The molecule has 70 valence electrons. The lowest BCUT2D eigenvalue weighted by atomic mass is 10.0. The van der Waals surface area contributed by atoms with Crippen molar-refractivity contribution in [3.05, 3.63) is 35.1 Å². The maximum absolute atomic E-state index is 12.8. The Morgan fingerprint density at radius 1 is 1.54 bits per heavy atom. The van der Waals surface area contributed by atoms with Gasteiger partial charge in [0.15, 0.2) is 0 Å². The molecule has 1 aromatic rings. The summed E-state index contributed by atoms with van der Waals surface area (Å²) in [5.74, 6) is 1.07. The summed E-state index contributed by atoms with van der Waals surface area (Å²) < 4.78 is 12.8. The van der Waals surface area contributed by atoms with E-state index in [0.29, 0.717) is 11.8 Å². The number of halogens is 1. The Balaban J connectivity index is 2.22. The van der Waals surface area contributed by atoms with Crippen LogP contribution in [0.2, 0.25) is 0 Å². The highest BCUT2D eigenvalue weighted by molar-refractivity contribution is 5.34. The quantitative estimate of drug-likeness (QED) is 0.740. The summed E-state index contributed by atoms with van der Waals surface area (Å²) in [5, 5.41) is 0. The van der Waals surface area contributed by atoms with E-state index in [1.54, 1.807) is 6.07 Å². The van der Waals surface area contributed by atoms with E-state index in [1.807, 2.05) is 13.0 Å². The van der Waals surface area contributed by atoms with E-state index in [4.69, 9.17) is 5.73 Å². The molecule has 13 heavy (non-hydrogen) atoms. The predicted molar refractivity (Wildman–Crippen MR) is 51.0 cm³/mol. The molecule has 2 heteroatoms. The van der Waals surface area contributed by atoms with E-state index in [-0.39, 0.29) is 5.82 Å². The minimum atomic E-state index is -0.147. The largest absolute Gasteiger partial charge is 0.330 e. The number of rotatable bonds is 2. The average molecular weight is 179 g/mol. The van der Waals surface area contributed by atoms with E-state index in [1.165, 1.54) is 18.1 Å². The molecule has 0 bridgehead atoms. The molecular formula is C11H14FN. The van der Waals surface area contributed by atoms with E-state index >= 15 is 0 Å². The average Bonchev–Trinajstić information content (AvgIpc) is 2.83. The monoisotopic (exact) mass is 179 g/mol. The van der Waals surface area contributed by atoms with Gasteiger partial charge in [0.05, 0.1) is 0 Å². The van der Waals surface area contributed by atoms with Crippen molar-refractivity contribution in [2.24, 2.45) is 11.7 Å². The highest BCUT2D eigenvalue weighted by Gasteiger charge is 2.37. The van der Waals surface area contributed by atoms with Crippen LogP contribution in [0.1, 0.15) is 23.5 Å². The second-order valence-electron chi connectivity index (χ2n) is 3.84. The fourth-order valence-electron chi connectivity index (χ4n) is 1.94. The maximum Gasteiger partial charge on any atom is 0.123 e. The Bertz CT molecular complexity index is 322. The smallest absolute Gasteiger partial charge is 0.123 e. The van der Waals surface area contributed by atoms with Gasteiger partial charge in [-0.05, 0) is 55.0 Å². The Morgan fingerprint density at radius 3 is 2.85 bits per heavy atom. The second kappa shape index (κ2) is 3.11. The van der Waals surface area contributed by atoms with Crippen LogP contribution in [0.25, 0.3) is 0 Å². The van der Waals surface area contributed by atoms with Gasteiger partial charge < -0.3 is 5.73 Å². The lowest BCUT2D eigenvalue weighted by Gasteiger charge is -2.04. The lowest BCUT2D eigenvalue weighted by molar-refractivity contribution is 0.625. The van der Waals surface area contributed by atoms with Gasteiger partial charge in [-0.15, -0.1) is 0 Å². The fourth-order valence-corrected chi connectivity index (χ4v) is 1.94. The number of benzene rings is 1. The first kappa shape index (κ1) is 8.70. The fraction of sp³-hybridized carbons (Fsp3) is 0.455. The van der Waals surface area contributed by atoms with E-state index in [2.05, 4.69) is 0 Å². The van der Waals surface area contributed by atoms with E-state index < -0.39 is 0 Å². The first-order valence-electron chi connectivity index (χ1n) is 4.68. The number of aryl methyl sites for hydroxylation is 1. The second-order valence-corrected chi connectivity index (χ2v) is 3.84. The summed E-state index contributed by atoms with van der Waals surface area (Å²) in [6.45, 7) is 2.71. The minimum absolute atomic E-state index is 0.147. The molecule has 1 fully saturated rings. The van der Waals surface area contributed by atoms with Gasteiger partial charge in [-0.25, -0.2) is 4.39 Å². The first-order chi connectivity index (χ1) is 6.22. The van der Waals surface area contributed by atoms with Crippen LogP contribution in [0.3, 0.4) is 0 Å². The highest BCUT2D eigenvalue weighted by atomic mass is 19.1. The van der Waals surface area contributed by atoms with E-state index in [9.17, 15) is 4.39 Å². The Kier molecular flexibility index (Phi) is 2.08. The zero-order valence-electron chi connectivity index (χ0n) is 7.76. The molecule has 0 heterocycles. The molecule has 2 rings (SSSR count). The van der Waals surface area contributed by atoms with Crippen molar-refractivity contribution < 1.29 is 4.39 Å². The molecule has 1 aliphatic rings. The van der Waals surface area contributed by atoms with Gasteiger partial charge in [0.1, 0.15) is 5.82 Å². The standard InChI is InChI=1S/C11H14FN/c1-7-4-9(12)2-3-10(7)11-5-8(11)6-13/h2-4,8,11H,5-6,13H2,1H3/t8-,11+/m1/s1. The van der Waals surface area contributed by atoms with Gasteiger partial charge in [-0.2, -0.15) is 0 Å². The van der Waals surface area contributed by atoms with Gasteiger partial charge >= 0.3 is 0 Å². The van der Waals surface area contributed by atoms with Crippen LogP contribution < -0.4 is 5.73 Å². The minimum Gasteiger partial charge on any atom is -0.330 e. The van der Waals surface area contributed by atoms with Crippen LogP contribution >= 0.6 is 0 Å². The summed E-state index contributed by atoms with van der Waals surface area (Å²) in [7, 11) is 0. The van der Waals surface area contributed by atoms with Crippen molar-refractivity contribution in [2.45, 2.75) is 19.3 Å². The Morgan fingerprint density at radius 2 is 2.31 bits per heavy atom. The van der Waals surface area contributed by atoms with Crippen molar-refractivity contribution in [3.8, 4) is 0 Å². The van der Waals surface area contributed by atoms with Gasteiger partial charge in [-0.3, -0.25) is 0 Å². The summed E-state index contributed by atoms with van der Waals surface area (Å²) in [6.07, 6.45) is 1.17. The molecule has 0 amide bonds. The molecule has 0 aliphatic heterocycles. The third-order valence-electron chi connectivity index (χ3n) is 2.86. The molecule has 0 radical (unpaired) electrons. The maximum atomic E-state index is 12.8. The van der Waals surface area contributed by atoms with Crippen molar-refractivity contribution in [3.63, 3.8) is 0 Å². The zero-order chi connectivity index (χ0) is 9.42. The zero-order valence-corrected chi connectivity index (χ0v) is 7.76. The first-order valence-corrected chi connectivity index (χ1v) is 4.68. The number of nitrogens with two attached hydrogens (primary N) is 1. The summed E-state index contributed by atoms with van der Waals surface area (Å²) in [6, 6.07) is 5.03. The van der Waals surface area contributed by atoms with Crippen molar-refractivity contribution in [2.75, 3.05) is 6.54 Å². The van der Waals surface area contributed by atoms with Crippen LogP contribution in [0.5, 0.6) is 0 Å². The molecular weight excluding hydrogens is 165 g/mol. The van der Waals surface area contributed by atoms with Crippen LogP contribution in [0, 0.1) is 18.7 Å². The predicted octanol–water partition coefficient (Wildman–Crippen LogP) is 2.20. The molecule has 2 atom stereocenters. The lowest BCUT2D eigenvalue weighted by Crippen LogP contribution is -2.02. The van der Waals surface area contributed by atoms with Gasteiger partial charge in [0.25, 0.3) is 0 Å². The van der Waals surface area contributed by atoms with Gasteiger partial charge in [0.2, 0.25) is 0 Å². The van der Waals surface area contributed by atoms with Crippen LogP contribution in [0.15, 0.2) is 18.2 Å². The number of hydrogen-bond acceptors (Lipinski definition) is 1. The molecule has 1 saturated carbocycles. The SMILES string of the molecule is Cc1cc(F)ccc1[C@H]1C[C@@H]1CN. The molecule has 1 nitrogen and oxygen atoms in total.